The van der Waals surface area contributed by atoms with E-state index >= 15 is 0 Å². The first-order valence-electron chi connectivity index (χ1n) is 8.62. The van der Waals surface area contributed by atoms with Gasteiger partial charge in [-0.15, -0.1) is 0 Å². The Kier molecular flexibility index (Phi) is 35.7. The van der Waals surface area contributed by atoms with Crippen molar-refractivity contribution in [2.24, 2.45) is 0 Å². The molecule has 0 unspecified atom stereocenters. The normalized spacial score (nSPS) is 9.59. The van der Waals surface area contributed by atoms with Crippen LogP contribution in [-0.2, 0) is 33.6 Å². The molecule has 0 saturated heterocycles. The van der Waals surface area contributed by atoms with Crippen molar-refractivity contribution in [3.8, 4) is 0 Å². The summed E-state index contributed by atoms with van der Waals surface area (Å²) in [6.45, 7) is -3.25. The summed E-state index contributed by atoms with van der Waals surface area (Å²) in [6, 6.07) is 0. The van der Waals surface area contributed by atoms with Gasteiger partial charge in [-0.3, -0.25) is 19.4 Å². The first kappa shape index (κ1) is 50.1. The molecule has 0 saturated carbocycles. The molecule has 0 rings (SSSR count). The van der Waals surface area contributed by atoms with Crippen LogP contribution in [-0.4, -0.2) is 117 Å². The zero-order chi connectivity index (χ0) is 26.4. The Hall–Kier alpha value is 0.170. The molecule has 0 aromatic rings. The fraction of sp³-hybridized carbons (Fsp3) is 0.562. The molecule has 37 heavy (non-hydrogen) atoms. The molecule has 0 aromatic heterocycles. The van der Waals surface area contributed by atoms with Crippen LogP contribution in [0.15, 0.2) is 0 Å². The molecule has 17 nitrogen and oxygen atoms in total. The number of carboxylic acids is 7. The number of hydrogen-bond donors (Lipinski definition) is 4. The second-order valence-electron chi connectivity index (χ2n) is 6.39. The number of rotatable bonds is 16. The van der Waals surface area contributed by atoms with E-state index in [1.807, 2.05) is 0 Å². The predicted molar refractivity (Wildman–Crippen MR) is 90.0 cm³/mol. The van der Waals surface area contributed by atoms with Crippen molar-refractivity contribution in [2.45, 2.75) is 18.4 Å². The van der Waals surface area contributed by atoms with E-state index < -0.39 is 86.4 Å². The van der Waals surface area contributed by atoms with Crippen molar-refractivity contribution in [1.82, 2.24) is 9.80 Å². The average molecular weight is 572 g/mol. The molecule has 0 bridgehead atoms. The third kappa shape index (κ3) is 30.6. The van der Waals surface area contributed by atoms with Gasteiger partial charge in [0.2, 0.25) is 0 Å². The van der Waals surface area contributed by atoms with E-state index in [0.29, 0.717) is 0 Å². The molecule has 0 heterocycles. The third-order valence-corrected chi connectivity index (χ3v) is 3.43. The summed E-state index contributed by atoms with van der Waals surface area (Å²) < 4.78 is 0. The van der Waals surface area contributed by atoms with Crippen LogP contribution in [0.3, 0.4) is 0 Å². The largest absolute Gasteiger partial charge is 1.00 e. The zero-order valence-electron chi connectivity index (χ0n) is 20.8. The van der Waals surface area contributed by atoms with Crippen LogP contribution < -0.4 is 139 Å². The molecule has 21 heteroatoms. The maximum atomic E-state index is 10.4. The summed E-state index contributed by atoms with van der Waals surface area (Å²) >= 11 is 0. The zero-order valence-corrected chi connectivity index (χ0v) is 28.8. The Balaban J connectivity index is -0.000000125. The van der Waals surface area contributed by atoms with Crippen molar-refractivity contribution in [3.63, 3.8) is 0 Å². The predicted octanol–water partition coefficient (Wildman–Crippen LogP) is -20.6. The summed E-state index contributed by atoms with van der Waals surface area (Å²) in [6.07, 6.45) is -2.29. The second-order valence-corrected chi connectivity index (χ2v) is 6.39. The third-order valence-electron chi connectivity index (χ3n) is 3.43. The van der Waals surface area contributed by atoms with Crippen LogP contribution in [0.1, 0.15) is 12.8 Å². The SMILES string of the molecule is O=C(O)CC(O)(CC(=O)O)C(=O)O.O=C([O-])CN(CCN(CC(=O)[O-])CC(=O)[O-])CC(=O)[O-].[Na+].[Na+].[Na+].[Na+]. The number of hydrogen-bond acceptors (Lipinski definition) is 14. The second kappa shape index (κ2) is 26.4. The Morgan fingerprint density at radius 1 is 0.541 bits per heavy atom. The van der Waals surface area contributed by atoms with Gasteiger partial charge in [0.1, 0.15) is 0 Å². The van der Waals surface area contributed by atoms with Gasteiger partial charge in [0, 0.05) is 39.3 Å². The Bertz CT molecular complexity index is 684. The van der Waals surface area contributed by atoms with E-state index in [1.54, 1.807) is 0 Å². The summed E-state index contributed by atoms with van der Waals surface area (Å²) in [5, 5.41) is 75.4. The molecule has 0 atom stereocenters. The van der Waals surface area contributed by atoms with Gasteiger partial charge < -0.3 is 60.0 Å². The molecule has 0 amide bonds. The van der Waals surface area contributed by atoms with Crippen molar-refractivity contribution in [1.29, 1.82) is 0 Å². The molecule has 188 valence electrons. The summed E-state index contributed by atoms with van der Waals surface area (Å²) in [5.74, 6) is -11.1. The maximum absolute atomic E-state index is 10.4. The van der Waals surface area contributed by atoms with Crippen LogP contribution in [0.2, 0.25) is 0 Å². The fourth-order valence-corrected chi connectivity index (χ4v) is 2.16. The van der Waals surface area contributed by atoms with Gasteiger partial charge in [-0.2, -0.15) is 0 Å². The van der Waals surface area contributed by atoms with Crippen LogP contribution in [0.4, 0.5) is 0 Å². The van der Waals surface area contributed by atoms with E-state index in [1.165, 1.54) is 0 Å². The molecule has 0 aliphatic heterocycles. The number of nitrogens with zero attached hydrogens (tertiary/aromatic N) is 2. The van der Waals surface area contributed by atoms with Gasteiger partial charge >= 0.3 is 136 Å². The Morgan fingerprint density at radius 2 is 0.757 bits per heavy atom. The molecule has 0 aliphatic carbocycles. The minimum atomic E-state index is -2.74. The fourth-order valence-electron chi connectivity index (χ4n) is 2.16. The summed E-state index contributed by atoms with van der Waals surface area (Å²) in [4.78, 5) is 73.9. The number of carboxylic acid groups (broad SMARTS) is 7. The quantitative estimate of drug-likeness (QED) is 0.125. The molecule has 0 fully saturated rings. The monoisotopic (exact) mass is 572 g/mol. The maximum Gasteiger partial charge on any atom is 1.00 e. The van der Waals surface area contributed by atoms with Gasteiger partial charge in [0.05, 0.1) is 36.7 Å². The van der Waals surface area contributed by atoms with Crippen molar-refractivity contribution >= 4 is 41.8 Å². The molecule has 0 aromatic carbocycles. The molecular weight excluding hydrogens is 552 g/mol. The number of carbonyl (C=O) groups is 7. The molecular formula is C16H20N2Na4O15. The summed E-state index contributed by atoms with van der Waals surface area (Å²) in [5.41, 5.74) is -2.74. The summed E-state index contributed by atoms with van der Waals surface area (Å²) in [7, 11) is 0. The van der Waals surface area contributed by atoms with Crippen molar-refractivity contribution in [3.05, 3.63) is 0 Å². The van der Waals surface area contributed by atoms with E-state index in [2.05, 4.69) is 0 Å². The number of aliphatic hydroxyl groups is 1. The van der Waals surface area contributed by atoms with E-state index in [9.17, 15) is 54.0 Å². The van der Waals surface area contributed by atoms with E-state index in [-0.39, 0.29) is 131 Å². The molecule has 0 spiro atoms. The number of carbonyl (C=O) groups excluding carboxylic acids is 4. The van der Waals surface area contributed by atoms with Gasteiger partial charge in [-0.1, -0.05) is 0 Å². The minimum absolute atomic E-state index is 0. The van der Waals surface area contributed by atoms with Gasteiger partial charge in [-0.05, 0) is 0 Å². The van der Waals surface area contributed by atoms with Crippen molar-refractivity contribution in [2.75, 3.05) is 39.3 Å². The van der Waals surface area contributed by atoms with Crippen LogP contribution in [0.5, 0.6) is 0 Å². The van der Waals surface area contributed by atoms with Crippen LogP contribution in [0.25, 0.3) is 0 Å². The van der Waals surface area contributed by atoms with E-state index in [0.717, 1.165) is 9.80 Å². The first-order valence-corrected chi connectivity index (χ1v) is 8.62. The van der Waals surface area contributed by atoms with E-state index in [4.69, 9.17) is 20.4 Å². The van der Waals surface area contributed by atoms with Crippen molar-refractivity contribution < 1.29 is 193 Å². The first-order chi connectivity index (χ1) is 15.0. The van der Waals surface area contributed by atoms with Gasteiger partial charge in [0.25, 0.3) is 0 Å². The average Bonchev–Trinajstić information content (AvgIpc) is 2.56. The van der Waals surface area contributed by atoms with Gasteiger partial charge in [-0.25, -0.2) is 4.79 Å². The molecule has 4 N–H and O–H groups in total. The Labute approximate surface area is 298 Å². The van der Waals surface area contributed by atoms with Crippen LogP contribution in [0, 0.1) is 0 Å². The van der Waals surface area contributed by atoms with Crippen LogP contribution >= 0.6 is 0 Å². The van der Waals surface area contributed by atoms with Gasteiger partial charge in [0.15, 0.2) is 5.60 Å². The molecule has 0 radical (unpaired) electrons. The topological polar surface area (TPSA) is 299 Å². The standard InChI is InChI=1S/C10H16N2O8.C6H8O7.4Na/c13-7(14)3-11(4-8(15)16)1-2-12(5-9(17)18)6-10(19)20;7-3(8)1-6(13,5(11)12)2-4(9)10;;;;/h1-6H2,(H,13,14)(H,15,16)(H,17,18)(H,19,20);13H,1-2H2,(H,7,8)(H,9,10)(H,11,12);;;;/q;;4*+1/p-4. The minimum Gasteiger partial charge on any atom is -0.549 e. The number of aliphatic carboxylic acids is 7. The molecule has 0 aliphatic rings. The smallest absolute Gasteiger partial charge is 0.549 e. The Morgan fingerprint density at radius 3 is 0.892 bits per heavy atom.